The van der Waals surface area contributed by atoms with Crippen molar-refractivity contribution in [3.63, 3.8) is 0 Å². The van der Waals surface area contributed by atoms with Crippen molar-refractivity contribution in [1.29, 1.82) is 0 Å². The number of ether oxygens (including phenoxy) is 3. The fraction of sp³-hybridized carbons (Fsp3) is 0.692. The van der Waals surface area contributed by atoms with Crippen LogP contribution in [0.3, 0.4) is 0 Å². The fourth-order valence-corrected chi connectivity index (χ4v) is 1.84. The van der Waals surface area contributed by atoms with E-state index in [2.05, 4.69) is 10.7 Å². The van der Waals surface area contributed by atoms with E-state index in [1.54, 1.807) is 4.90 Å². The number of nitrogens with zero attached hydrogens (tertiary/aromatic N) is 1. The van der Waals surface area contributed by atoms with Crippen LogP contribution >= 0.6 is 0 Å². The molecule has 106 valence electrons. The van der Waals surface area contributed by atoms with E-state index in [1.165, 1.54) is 7.11 Å². The minimum atomic E-state index is -0.350. The highest BCUT2D eigenvalue weighted by molar-refractivity contribution is 5.86. The van der Waals surface area contributed by atoms with Gasteiger partial charge in [-0.05, 0) is 0 Å². The number of amides is 1. The smallest absolute Gasteiger partial charge is 0.310 e. The van der Waals surface area contributed by atoms with Gasteiger partial charge in [0.1, 0.15) is 6.61 Å². The number of methoxy groups -OCH3 is 1. The first-order chi connectivity index (χ1) is 9.19. The van der Waals surface area contributed by atoms with Crippen LogP contribution in [0.4, 0.5) is 0 Å². The largest absolute Gasteiger partial charge is 0.469 e. The van der Waals surface area contributed by atoms with Gasteiger partial charge in [0, 0.05) is 19.5 Å². The van der Waals surface area contributed by atoms with Crippen molar-refractivity contribution in [1.82, 2.24) is 4.90 Å². The molecule has 0 aliphatic carbocycles. The van der Waals surface area contributed by atoms with Gasteiger partial charge in [0.15, 0.2) is 0 Å². The molecule has 6 heteroatoms. The molecule has 1 fully saturated rings. The summed E-state index contributed by atoms with van der Waals surface area (Å²) in [6.07, 6.45) is 5.24. The Bertz CT molecular complexity index is 349. The van der Waals surface area contributed by atoms with Gasteiger partial charge in [-0.2, -0.15) is 0 Å². The second-order valence-electron chi connectivity index (χ2n) is 4.13. The van der Waals surface area contributed by atoms with Crippen molar-refractivity contribution in [3.8, 4) is 12.3 Å². The van der Waals surface area contributed by atoms with Crippen LogP contribution in [0, 0.1) is 18.3 Å². The summed E-state index contributed by atoms with van der Waals surface area (Å²) < 4.78 is 15.0. The lowest BCUT2D eigenvalue weighted by molar-refractivity contribution is -0.145. The van der Waals surface area contributed by atoms with Gasteiger partial charge in [0.25, 0.3) is 0 Å². The van der Waals surface area contributed by atoms with Crippen molar-refractivity contribution in [3.05, 3.63) is 0 Å². The molecule has 1 saturated heterocycles. The molecule has 0 bridgehead atoms. The molecule has 19 heavy (non-hydrogen) atoms. The molecule has 0 spiro atoms. The number of hydrogen-bond acceptors (Lipinski definition) is 5. The van der Waals surface area contributed by atoms with Crippen LogP contribution in [0.1, 0.15) is 6.42 Å². The highest BCUT2D eigenvalue weighted by atomic mass is 16.5. The maximum atomic E-state index is 11.6. The quantitative estimate of drug-likeness (QED) is 0.343. The summed E-state index contributed by atoms with van der Waals surface area (Å²) in [6.45, 7) is 2.44. The zero-order chi connectivity index (χ0) is 14.1. The van der Waals surface area contributed by atoms with E-state index in [0.29, 0.717) is 32.9 Å². The predicted octanol–water partition coefficient (Wildman–Crippen LogP) is -0.326. The number of carbonyl (C=O) groups is 2. The molecule has 0 saturated carbocycles. The third-order valence-electron chi connectivity index (χ3n) is 2.81. The number of esters is 1. The molecular formula is C13H19NO5. The monoisotopic (exact) mass is 269 g/mol. The molecule has 1 rings (SSSR count). The van der Waals surface area contributed by atoms with Gasteiger partial charge in [-0.3, -0.25) is 9.59 Å². The van der Waals surface area contributed by atoms with Crippen molar-refractivity contribution in [2.75, 3.05) is 46.6 Å². The first-order valence-corrected chi connectivity index (χ1v) is 6.13. The number of hydrogen-bond donors (Lipinski definition) is 0. The van der Waals surface area contributed by atoms with Gasteiger partial charge in [0.2, 0.25) is 5.91 Å². The van der Waals surface area contributed by atoms with E-state index in [1.807, 2.05) is 0 Å². The second kappa shape index (κ2) is 8.51. The van der Waals surface area contributed by atoms with Crippen LogP contribution in [0.15, 0.2) is 0 Å². The Morgan fingerprint density at radius 1 is 1.42 bits per heavy atom. The van der Waals surface area contributed by atoms with E-state index in [4.69, 9.17) is 15.9 Å². The SMILES string of the molecule is C#CCOCCOCCN1CC(C(=O)OC)CC1=O. The van der Waals surface area contributed by atoms with Crippen molar-refractivity contribution >= 4 is 11.9 Å². The Morgan fingerprint density at radius 3 is 2.84 bits per heavy atom. The van der Waals surface area contributed by atoms with Crippen molar-refractivity contribution in [2.45, 2.75) is 6.42 Å². The van der Waals surface area contributed by atoms with Gasteiger partial charge in [-0.1, -0.05) is 5.92 Å². The standard InChI is InChI=1S/C13H19NO5/c1-3-5-18-7-8-19-6-4-14-10-11(9-12(14)15)13(16)17-2/h1,11H,4-10H2,2H3. The van der Waals surface area contributed by atoms with Crippen LogP contribution in [-0.2, 0) is 23.8 Å². The summed E-state index contributed by atoms with van der Waals surface area (Å²) in [7, 11) is 1.33. The Morgan fingerprint density at radius 2 is 2.16 bits per heavy atom. The Balaban J connectivity index is 2.12. The summed E-state index contributed by atoms with van der Waals surface area (Å²) in [5, 5.41) is 0. The molecule has 0 N–H and O–H groups in total. The number of rotatable bonds is 8. The minimum Gasteiger partial charge on any atom is -0.469 e. The van der Waals surface area contributed by atoms with E-state index < -0.39 is 0 Å². The number of carbonyl (C=O) groups excluding carboxylic acids is 2. The van der Waals surface area contributed by atoms with Crippen LogP contribution in [0.25, 0.3) is 0 Å². The molecule has 0 aromatic heterocycles. The van der Waals surface area contributed by atoms with Crippen LogP contribution in [-0.4, -0.2) is 63.4 Å². The fourth-order valence-electron chi connectivity index (χ4n) is 1.84. The number of terminal acetylenes is 1. The molecule has 0 aromatic rings. The van der Waals surface area contributed by atoms with Gasteiger partial charge in [-0.25, -0.2) is 0 Å². The van der Waals surface area contributed by atoms with Gasteiger partial charge < -0.3 is 19.1 Å². The van der Waals surface area contributed by atoms with Crippen molar-refractivity contribution in [2.24, 2.45) is 5.92 Å². The molecular weight excluding hydrogens is 250 g/mol. The molecule has 1 aliphatic heterocycles. The lowest BCUT2D eigenvalue weighted by Gasteiger charge is -2.16. The van der Waals surface area contributed by atoms with E-state index in [0.717, 1.165) is 0 Å². The molecule has 0 radical (unpaired) electrons. The summed E-state index contributed by atoms with van der Waals surface area (Å²) >= 11 is 0. The topological polar surface area (TPSA) is 65.1 Å². The summed E-state index contributed by atoms with van der Waals surface area (Å²) in [5.41, 5.74) is 0. The molecule has 0 aromatic carbocycles. The van der Waals surface area contributed by atoms with Crippen LogP contribution in [0.2, 0.25) is 0 Å². The zero-order valence-electron chi connectivity index (χ0n) is 11.1. The first kappa shape index (κ1) is 15.5. The van der Waals surface area contributed by atoms with Crippen molar-refractivity contribution < 1.29 is 23.8 Å². The van der Waals surface area contributed by atoms with Crippen LogP contribution < -0.4 is 0 Å². The molecule has 1 heterocycles. The maximum Gasteiger partial charge on any atom is 0.310 e. The second-order valence-corrected chi connectivity index (χ2v) is 4.13. The zero-order valence-corrected chi connectivity index (χ0v) is 11.1. The van der Waals surface area contributed by atoms with Crippen LogP contribution in [0.5, 0.6) is 0 Å². The van der Waals surface area contributed by atoms with Gasteiger partial charge >= 0.3 is 5.97 Å². The molecule has 6 nitrogen and oxygen atoms in total. The lowest BCUT2D eigenvalue weighted by Crippen LogP contribution is -2.30. The Kier molecular flexibility index (Phi) is 6.93. The maximum absolute atomic E-state index is 11.6. The molecule has 1 atom stereocenters. The normalized spacial score (nSPS) is 18.4. The summed E-state index contributed by atoms with van der Waals surface area (Å²) in [5.74, 6) is 1.63. The third kappa shape index (κ3) is 5.28. The first-order valence-electron chi connectivity index (χ1n) is 6.13. The minimum absolute atomic E-state index is 0.0393. The Labute approximate surface area is 113 Å². The predicted molar refractivity (Wildman–Crippen MR) is 67.2 cm³/mol. The van der Waals surface area contributed by atoms with Gasteiger partial charge in [0.05, 0.1) is 32.8 Å². The van der Waals surface area contributed by atoms with Gasteiger partial charge in [-0.15, -0.1) is 6.42 Å². The number of likely N-dealkylation sites (tertiary alicyclic amines) is 1. The third-order valence-corrected chi connectivity index (χ3v) is 2.81. The average Bonchev–Trinajstić information content (AvgIpc) is 2.78. The average molecular weight is 269 g/mol. The molecule has 1 unspecified atom stereocenters. The summed E-state index contributed by atoms with van der Waals surface area (Å²) in [4.78, 5) is 24.6. The van der Waals surface area contributed by atoms with E-state index in [-0.39, 0.29) is 30.8 Å². The highest BCUT2D eigenvalue weighted by Gasteiger charge is 2.34. The van der Waals surface area contributed by atoms with E-state index >= 15 is 0 Å². The lowest BCUT2D eigenvalue weighted by atomic mass is 10.1. The Hall–Kier alpha value is -1.58. The molecule has 1 aliphatic rings. The highest BCUT2D eigenvalue weighted by Crippen LogP contribution is 2.18. The molecule has 1 amide bonds. The van der Waals surface area contributed by atoms with E-state index in [9.17, 15) is 9.59 Å². The summed E-state index contributed by atoms with van der Waals surface area (Å²) in [6, 6.07) is 0.